The van der Waals surface area contributed by atoms with Gasteiger partial charge in [0, 0.05) is 13.2 Å². The Hall–Kier alpha value is -1.39. The first-order chi connectivity index (χ1) is 9.15. The summed E-state index contributed by atoms with van der Waals surface area (Å²) in [6, 6.07) is 7.94. The molecular weight excluding hydrogens is 242 g/mol. The third-order valence-electron chi connectivity index (χ3n) is 2.62. The van der Waals surface area contributed by atoms with Crippen LogP contribution in [-0.2, 0) is 20.7 Å². The van der Waals surface area contributed by atoms with Crippen molar-refractivity contribution >= 4 is 5.91 Å². The van der Waals surface area contributed by atoms with Crippen molar-refractivity contribution in [1.82, 2.24) is 5.32 Å². The average molecular weight is 265 g/mol. The number of amides is 1. The summed E-state index contributed by atoms with van der Waals surface area (Å²) >= 11 is 0. The van der Waals surface area contributed by atoms with Gasteiger partial charge in [-0.05, 0) is 26.3 Å². The summed E-state index contributed by atoms with van der Waals surface area (Å²) in [6.07, 6.45) is 0.0172. The SMILES string of the molecule is CCOC(CNC(=O)Cc1cccc(C)c1)OCC. The summed E-state index contributed by atoms with van der Waals surface area (Å²) in [6.45, 7) is 7.34. The van der Waals surface area contributed by atoms with E-state index in [2.05, 4.69) is 5.32 Å². The second-order valence-electron chi connectivity index (χ2n) is 4.31. The molecule has 1 N–H and O–H groups in total. The minimum absolute atomic E-state index is 0.0185. The van der Waals surface area contributed by atoms with Crippen LogP contribution in [0.15, 0.2) is 24.3 Å². The van der Waals surface area contributed by atoms with Crippen molar-refractivity contribution in [1.29, 1.82) is 0 Å². The molecule has 106 valence electrons. The monoisotopic (exact) mass is 265 g/mol. The van der Waals surface area contributed by atoms with E-state index in [0.717, 1.165) is 11.1 Å². The van der Waals surface area contributed by atoms with E-state index in [4.69, 9.17) is 9.47 Å². The predicted octanol–water partition coefficient (Wildman–Crippen LogP) is 2.05. The molecule has 1 aromatic carbocycles. The maximum absolute atomic E-state index is 11.8. The van der Waals surface area contributed by atoms with Gasteiger partial charge in [-0.15, -0.1) is 0 Å². The summed E-state index contributed by atoms with van der Waals surface area (Å²) < 4.78 is 10.7. The van der Waals surface area contributed by atoms with Gasteiger partial charge in [-0.1, -0.05) is 29.8 Å². The second-order valence-corrected chi connectivity index (χ2v) is 4.31. The zero-order valence-corrected chi connectivity index (χ0v) is 11.9. The Labute approximate surface area is 115 Å². The second kappa shape index (κ2) is 8.67. The molecule has 0 saturated heterocycles. The van der Waals surface area contributed by atoms with Crippen LogP contribution in [0.25, 0.3) is 0 Å². The van der Waals surface area contributed by atoms with Crippen LogP contribution in [0.1, 0.15) is 25.0 Å². The number of carbonyl (C=O) groups is 1. The topological polar surface area (TPSA) is 47.6 Å². The van der Waals surface area contributed by atoms with Gasteiger partial charge in [-0.25, -0.2) is 0 Å². The first-order valence-corrected chi connectivity index (χ1v) is 6.71. The van der Waals surface area contributed by atoms with E-state index in [1.165, 1.54) is 0 Å². The Morgan fingerprint density at radius 2 is 1.95 bits per heavy atom. The van der Waals surface area contributed by atoms with Gasteiger partial charge >= 0.3 is 0 Å². The summed E-state index contributed by atoms with van der Waals surface area (Å²) in [5, 5.41) is 2.83. The molecule has 0 bridgehead atoms. The number of aryl methyl sites for hydroxylation is 1. The standard InChI is InChI=1S/C15H23NO3/c1-4-18-15(19-5-2)11-16-14(17)10-13-8-6-7-12(3)9-13/h6-9,15H,4-5,10-11H2,1-3H3,(H,16,17). The van der Waals surface area contributed by atoms with Gasteiger partial charge in [0.2, 0.25) is 5.91 Å². The van der Waals surface area contributed by atoms with E-state index in [1.807, 2.05) is 45.0 Å². The number of nitrogens with one attached hydrogen (secondary N) is 1. The minimum atomic E-state index is -0.364. The normalized spacial score (nSPS) is 10.7. The molecule has 0 fully saturated rings. The molecule has 0 aliphatic heterocycles. The zero-order valence-electron chi connectivity index (χ0n) is 11.9. The van der Waals surface area contributed by atoms with Crippen LogP contribution in [0.2, 0.25) is 0 Å². The number of hydrogen-bond acceptors (Lipinski definition) is 3. The van der Waals surface area contributed by atoms with Crippen LogP contribution in [0.4, 0.5) is 0 Å². The highest BCUT2D eigenvalue weighted by Gasteiger charge is 2.10. The summed E-state index contributed by atoms with van der Waals surface area (Å²) in [5.41, 5.74) is 2.17. The fourth-order valence-electron chi connectivity index (χ4n) is 1.80. The van der Waals surface area contributed by atoms with Crippen molar-refractivity contribution in [3.63, 3.8) is 0 Å². The fourth-order valence-corrected chi connectivity index (χ4v) is 1.80. The largest absolute Gasteiger partial charge is 0.351 e. The summed E-state index contributed by atoms with van der Waals surface area (Å²) in [7, 11) is 0. The van der Waals surface area contributed by atoms with Crippen LogP contribution in [0.5, 0.6) is 0 Å². The lowest BCUT2D eigenvalue weighted by atomic mass is 10.1. The fraction of sp³-hybridized carbons (Fsp3) is 0.533. The van der Waals surface area contributed by atoms with Crippen molar-refractivity contribution in [2.45, 2.75) is 33.5 Å². The van der Waals surface area contributed by atoms with E-state index in [-0.39, 0.29) is 12.2 Å². The molecule has 1 amide bonds. The van der Waals surface area contributed by atoms with Crippen molar-refractivity contribution in [3.05, 3.63) is 35.4 Å². The van der Waals surface area contributed by atoms with Crippen LogP contribution >= 0.6 is 0 Å². The van der Waals surface area contributed by atoms with Crippen molar-refractivity contribution in [2.75, 3.05) is 19.8 Å². The molecule has 4 nitrogen and oxygen atoms in total. The van der Waals surface area contributed by atoms with E-state index >= 15 is 0 Å². The molecule has 0 unspecified atom stereocenters. The van der Waals surface area contributed by atoms with Gasteiger partial charge in [0.25, 0.3) is 0 Å². The molecule has 0 aliphatic carbocycles. The van der Waals surface area contributed by atoms with Crippen molar-refractivity contribution in [3.8, 4) is 0 Å². The maximum atomic E-state index is 11.8. The first-order valence-electron chi connectivity index (χ1n) is 6.71. The number of benzene rings is 1. The van der Waals surface area contributed by atoms with Crippen molar-refractivity contribution < 1.29 is 14.3 Å². The number of ether oxygens (including phenoxy) is 2. The Bertz CT molecular complexity index is 387. The average Bonchev–Trinajstić information content (AvgIpc) is 2.36. The molecule has 19 heavy (non-hydrogen) atoms. The smallest absolute Gasteiger partial charge is 0.224 e. The van der Waals surface area contributed by atoms with Crippen LogP contribution in [0.3, 0.4) is 0 Å². The number of rotatable bonds is 8. The summed E-state index contributed by atoms with van der Waals surface area (Å²) in [5.74, 6) is -0.0185. The van der Waals surface area contributed by atoms with Crippen molar-refractivity contribution in [2.24, 2.45) is 0 Å². The highest BCUT2D eigenvalue weighted by atomic mass is 16.7. The zero-order chi connectivity index (χ0) is 14.1. The van der Waals surface area contributed by atoms with E-state index in [9.17, 15) is 4.79 Å². The van der Waals surface area contributed by atoms with E-state index < -0.39 is 0 Å². The minimum Gasteiger partial charge on any atom is -0.351 e. The molecule has 0 aliphatic rings. The van der Waals surface area contributed by atoms with Gasteiger partial charge in [-0.3, -0.25) is 4.79 Å². The molecule has 1 rings (SSSR count). The summed E-state index contributed by atoms with van der Waals surface area (Å²) in [4.78, 5) is 11.8. The lowest BCUT2D eigenvalue weighted by molar-refractivity contribution is -0.140. The lowest BCUT2D eigenvalue weighted by Crippen LogP contribution is -2.36. The molecule has 0 heterocycles. The Morgan fingerprint density at radius 3 is 2.53 bits per heavy atom. The molecule has 0 radical (unpaired) electrons. The molecule has 1 aromatic rings. The van der Waals surface area contributed by atoms with Crippen LogP contribution < -0.4 is 5.32 Å². The number of hydrogen-bond donors (Lipinski definition) is 1. The highest BCUT2D eigenvalue weighted by Crippen LogP contribution is 2.04. The molecule has 0 aromatic heterocycles. The van der Waals surface area contributed by atoms with Crippen LogP contribution in [0, 0.1) is 6.92 Å². The maximum Gasteiger partial charge on any atom is 0.224 e. The highest BCUT2D eigenvalue weighted by molar-refractivity contribution is 5.78. The molecule has 0 spiro atoms. The third kappa shape index (κ3) is 6.36. The van der Waals surface area contributed by atoms with E-state index in [0.29, 0.717) is 26.2 Å². The Balaban J connectivity index is 2.38. The van der Waals surface area contributed by atoms with Gasteiger partial charge in [0.1, 0.15) is 0 Å². The quantitative estimate of drug-likeness (QED) is 0.732. The first kappa shape index (κ1) is 15.7. The van der Waals surface area contributed by atoms with Crippen LogP contribution in [-0.4, -0.2) is 32.0 Å². The van der Waals surface area contributed by atoms with Gasteiger partial charge in [0.05, 0.1) is 13.0 Å². The lowest BCUT2D eigenvalue weighted by Gasteiger charge is -2.17. The predicted molar refractivity (Wildman–Crippen MR) is 74.9 cm³/mol. The van der Waals surface area contributed by atoms with Gasteiger partial charge in [0.15, 0.2) is 6.29 Å². The molecule has 0 saturated carbocycles. The molecular formula is C15H23NO3. The molecule has 4 heteroatoms. The van der Waals surface area contributed by atoms with E-state index in [1.54, 1.807) is 0 Å². The number of carbonyl (C=O) groups excluding carboxylic acids is 1. The Morgan fingerprint density at radius 1 is 1.26 bits per heavy atom. The molecule has 0 atom stereocenters. The third-order valence-corrected chi connectivity index (χ3v) is 2.62. The van der Waals surface area contributed by atoms with Gasteiger partial charge in [-0.2, -0.15) is 0 Å². The Kier molecular flexibility index (Phi) is 7.15. The van der Waals surface area contributed by atoms with Gasteiger partial charge < -0.3 is 14.8 Å².